The van der Waals surface area contributed by atoms with Crippen LogP contribution in [0.3, 0.4) is 0 Å². The summed E-state index contributed by atoms with van der Waals surface area (Å²) in [7, 11) is 1.62. The van der Waals surface area contributed by atoms with Crippen LogP contribution < -0.4 is 10.1 Å². The van der Waals surface area contributed by atoms with E-state index in [2.05, 4.69) is 15.3 Å². The highest BCUT2D eigenvalue weighted by molar-refractivity contribution is 6.06. The molecular weight excluding hydrogens is 372 g/mol. The van der Waals surface area contributed by atoms with Gasteiger partial charge in [0.15, 0.2) is 5.69 Å². The van der Waals surface area contributed by atoms with E-state index in [9.17, 15) is 9.90 Å². The number of nitrogens with one attached hydrogen (secondary N) is 1. The number of morpholine rings is 1. The minimum absolute atomic E-state index is 0.131. The normalized spacial score (nSPS) is 16.7. The molecule has 1 amide bonds. The van der Waals surface area contributed by atoms with Crippen LogP contribution in [0.2, 0.25) is 0 Å². The molecule has 0 aliphatic carbocycles. The van der Waals surface area contributed by atoms with Gasteiger partial charge in [-0.15, -0.1) is 0 Å². The maximum atomic E-state index is 13.0. The first-order valence-electron chi connectivity index (χ1n) is 10.1. The van der Waals surface area contributed by atoms with Gasteiger partial charge in [0.1, 0.15) is 11.3 Å². The second-order valence-corrected chi connectivity index (χ2v) is 8.46. The fourth-order valence-corrected chi connectivity index (χ4v) is 3.52. The summed E-state index contributed by atoms with van der Waals surface area (Å²) in [6.07, 6.45) is 0. The molecule has 1 saturated heterocycles. The number of aliphatic hydroxyl groups is 1. The number of amides is 1. The van der Waals surface area contributed by atoms with E-state index < -0.39 is 0 Å². The third-order valence-corrected chi connectivity index (χ3v) is 5.43. The van der Waals surface area contributed by atoms with Gasteiger partial charge >= 0.3 is 0 Å². The van der Waals surface area contributed by atoms with Crippen LogP contribution >= 0.6 is 0 Å². The van der Waals surface area contributed by atoms with Crippen LogP contribution in [0.4, 0.5) is 0 Å². The summed E-state index contributed by atoms with van der Waals surface area (Å²) in [5, 5.41) is 18.0. The van der Waals surface area contributed by atoms with Gasteiger partial charge in [-0.3, -0.25) is 14.4 Å². The highest BCUT2D eigenvalue weighted by Gasteiger charge is 2.28. The van der Waals surface area contributed by atoms with Gasteiger partial charge in [-0.1, -0.05) is 32.9 Å². The molecule has 1 fully saturated rings. The number of hydrogen-bond donors (Lipinski definition) is 2. The lowest BCUT2D eigenvalue weighted by Gasteiger charge is -2.29. The van der Waals surface area contributed by atoms with Crippen LogP contribution in [0.5, 0.6) is 5.75 Å². The van der Waals surface area contributed by atoms with Gasteiger partial charge in [0, 0.05) is 25.0 Å². The van der Waals surface area contributed by atoms with Crippen molar-refractivity contribution >= 4 is 16.8 Å². The molecule has 1 aliphatic rings. The van der Waals surface area contributed by atoms with Crippen molar-refractivity contribution in [2.24, 2.45) is 5.41 Å². The summed E-state index contributed by atoms with van der Waals surface area (Å²) in [5.41, 5.74) is 0.893. The Bertz CT molecular complexity index is 837. The van der Waals surface area contributed by atoms with Crippen LogP contribution in [-0.2, 0) is 11.3 Å². The van der Waals surface area contributed by atoms with Crippen molar-refractivity contribution in [2.75, 3.05) is 46.6 Å². The lowest BCUT2D eigenvalue weighted by molar-refractivity contribution is 0.0361. The van der Waals surface area contributed by atoms with Crippen LogP contribution in [-0.4, -0.2) is 78.3 Å². The Labute approximate surface area is 171 Å². The van der Waals surface area contributed by atoms with Gasteiger partial charge in [-0.25, -0.2) is 0 Å². The van der Waals surface area contributed by atoms with E-state index >= 15 is 0 Å². The fraction of sp³-hybridized carbons (Fsp3) is 0.619. The number of carbonyl (C=O) groups is 1. The first kappa shape index (κ1) is 21.5. The van der Waals surface area contributed by atoms with Gasteiger partial charge in [0.25, 0.3) is 5.91 Å². The van der Waals surface area contributed by atoms with Crippen molar-refractivity contribution in [3.8, 4) is 5.75 Å². The van der Waals surface area contributed by atoms with E-state index in [-0.39, 0.29) is 24.0 Å². The van der Waals surface area contributed by atoms with Gasteiger partial charge in [-0.05, 0) is 11.5 Å². The van der Waals surface area contributed by atoms with Crippen molar-refractivity contribution < 1.29 is 19.4 Å². The van der Waals surface area contributed by atoms with E-state index in [1.807, 2.05) is 43.7 Å². The molecular formula is C21H32N4O4. The Morgan fingerprint density at radius 1 is 1.31 bits per heavy atom. The summed E-state index contributed by atoms with van der Waals surface area (Å²) in [6, 6.07) is 5.26. The zero-order valence-electron chi connectivity index (χ0n) is 17.8. The van der Waals surface area contributed by atoms with Gasteiger partial charge in [-0.2, -0.15) is 5.10 Å². The predicted molar refractivity (Wildman–Crippen MR) is 111 cm³/mol. The number of nitrogens with zero attached hydrogens (tertiary/aromatic N) is 3. The number of rotatable bonds is 7. The SMILES string of the molecule is COc1cccc2c(C(=O)N[C@H](CO)C(C)(C)C)nn(CCN3CCOCC3)c12. The fourth-order valence-electron chi connectivity index (χ4n) is 3.52. The maximum absolute atomic E-state index is 13.0. The number of para-hydroxylation sites is 1. The van der Waals surface area contributed by atoms with Crippen LogP contribution in [0, 0.1) is 5.41 Å². The molecule has 0 saturated carbocycles. The summed E-state index contributed by atoms with van der Waals surface area (Å²) < 4.78 is 12.8. The topological polar surface area (TPSA) is 88.8 Å². The monoisotopic (exact) mass is 404 g/mol. The standard InChI is InChI=1S/C21H32N4O4/c1-21(2,3)17(14-26)22-20(27)18-15-6-5-7-16(28-4)19(15)25(23-18)9-8-24-10-12-29-13-11-24/h5-7,17,26H,8-14H2,1-4H3,(H,22,27)/t17-/m1/s1. The number of hydrogen-bond acceptors (Lipinski definition) is 6. The number of aromatic nitrogens is 2. The first-order chi connectivity index (χ1) is 13.8. The second-order valence-electron chi connectivity index (χ2n) is 8.46. The Morgan fingerprint density at radius 2 is 2.03 bits per heavy atom. The minimum Gasteiger partial charge on any atom is -0.494 e. The Hall–Kier alpha value is -2.16. The average Bonchev–Trinajstić information content (AvgIpc) is 3.09. The van der Waals surface area contributed by atoms with Gasteiger partial charge < -0.3 is 19.9 Å². The molecule has 0 radical (unpaired) electrons. The van der Waals surface area contributed by atoms with Gasteiger partial charge in [0.05, 0.1) is 39.5 Å². The van der Waals surface area contributed by atoms with Crippen molar-refractivity contribution in [3.05, 3.63) is 23.9 Å². The lowest BCUT2D eigenvalue weighted by Crippen LogP contribution is -2.46. The van der Waals surface area contributed by atoms with Gasteiger partial charge in [0.2, 0.25) is 0 Å². The van der Waals surface area contributed by atoms with Crippen molar-refractivity contribution in [1.29, 1.82) is 0 Å². The predicted octanol–water partition coefficient (Wildman–Crippen LogP) is 1.51. The highest BCUT2D eigenvalue weighted by atomic mass is 16.5. The molecule has 2 aromatic rings. The van der Waals surface area contributed by atoms with E-state index in [0.717, 1.165) is 43.8 Å². The van der Waals surface area contributed by atoms with E-state index in [4.69, 9.17) is 9.47 Å². The average molecular weight is 405 g/mol. The molecule has 2 N–H and O–H groups in total. The summed E-state index contributed by atoms with van der Waals surface area (Å²) in [5.74, 6) is 0.396. The molecule has 3 rings (SSSR count). The van der Waals surface area contributed by atoms with E-state index in [1.54, 1.807) is 7.11 Å². The summed E-state index contributed by atoms with van der Waals surface area (Å²) in [6.45, 7) is 10.6. The first-order valence-corrected chi connectivity index (χ1v) is 10.1. The van der Waals surface area contributed by atoms with Crippen LogP contribution in [0.25, 0.3) is 10.9 Å². The minimum atomic E-state index is -0.367. The van der Waals surface area contributed by atoms with Crippen molar-refractivity contribution in [3.63, 3.8) is 0 Å². The number of ether oxygens (including phenoxy) is 2. The molecule has 1 aromatic carbocycles. The molecule has 8 nitrogen and oxygen atoms in total. The number of carbonyl (C=O) groups excluding carboxylic acids is 1. The van der Waals surface area contributed by atoms with Crippen LogP contribution in [0.1, 0.15) is 31.3 Å². The second kappa shape index (κ2) is 9.11. The third kappa shape index (κ3) is 4.88. The molecule has 2 heterocycles. The lowest BCUT2D eigenvalue weighted by atomic mass is 9.87. The Balaban J connectivity index is 1.90. The zero-order chi connectivity index (χ0) is 21.0. The number of methoxy groups -OCH3 is 1. The molecule has 1 aromatic heterocycles. The maximum Gasteiger partial charge on any atom is 0.272 e. The number of aliphatic hydroxyl groups excluding tert-OH is 1. The largest absolute Gasteiger partial charge is 0.494 e. The smallest absolute Gasteiger partial charge is 0.272 e. The molecule has 29 heavy (non-hydrogen) atoms. The Kier molecular flexibility index (Phi) is 6.77. The quantitative estimate of drug-likeness (QED) is 0.727. The van der Waals surface area contributed by atoms with Crippen molar-refractivity contribution in [2.45, 2.75) is 33.4 Å². The molecule has 0 bridgehead atoms. The zero-order valence-corrected chi connectivity index (χ0v) is 17.8. The summed E-state index contributed by atoms with van der Waals surface area (Å²) >= 11 is 0. The number of fused-ring (bicyclic) bond motifs is 1. The van der Waals surface area contributed by atoms with Crippen molar-refractivity contribution in [1.82, 2.24) is 20.0 Å². The molecule has 160 valence electrons. The molecule has 0 unspecified atom stereocenters. The Morgan fingerprint density at radius 3 is 2.66 bits per heavy atom. The highest BCUT2D eigenvalue weighted by Crippen LogP contribution is 2.28. The molecule has 1 aliphatic heterocycles. The molecule has 0 spiro atoms. The van der Waals surface area contributed by atoms with E-state index in [1.165, 1.54) is 0 Å². The molecule has 8 heteroatoms. The van der Waals surface area contributed by atoms with E-state index in [0.29, 0.717) is 18.0 Å². The third-order valence-electron chi connectivity index (χ3n) is 5.43. The molecule has 1 atom stereocenters. The summed E-state index contributed by atoms with van der Waals surface area (Å²) in [4.78, 5) is 15.4. The van der Waals surface area contributed by atoms with Crippen LogP contribution in [0.15, 0.2) is 18.2 Å². The number of benzene rings is 1.